The van der Waals surface area contributed by atoms with Crippen molar-refractivity contribution in [1.82, 2.24) is 9.88 Å². The van der Waals surface area contributed by atoms with Crippen LogP contribution in [-0.2, 0) is 9.47 Å². The number of morpholine rings is 1. The average molecular weight is 276 g/mol. The molecule has 3 rings (SSSR count). The maximum absolute atomic E-state index is 12.6. The number of fused-ring (bicyclic) bond motifs is 1. The van der Waals surface area contributed by atoms with E-state index < -0.39 is 0 Å². The van der Waals surface area contributed by atoms with Crippen LogP contribution >= 0.6 is 0 Å². The predicted molar refractivity (Wildman–Crippen MR) is 73.6 cm³/mol. The summed E-state index contributed by atoms with van der Waals surface area (Å²) in [6.07, 6.45) is 3.66. The van der Waals surface area contributed by atoms with Crippen LogP contribution in [0, 0.1) is 6.92 Å². The highest BCUT2D eigenvalue weighted by atomic mass is 16.5. The summed E-state index contributed by atoms with van der Waals surface area (Å²) in [5.74, 6) is 0.0487. The Morgan fingerprint density at radius 3 is 3.00 bits per heavy atom. The number of methoxy groups -OCH3 is 1. The Balaban J connectivity index is 1.79. The van der Waals surface area contributed by atoms with Crippen LogP contribution in [0.2, 0.25) is 0 Å². The van der Waals surface area contributed by atoms with Gasteiger partial charge in [-0.1, -0.05) is 0 Å². The summed E-state index contributed by atoms with van der Waals surface area (Å²) in [6, 6.07) is 3.85. The minimum atomic E-state index is 0.0103. The number of hydrogen-bond donors (Lipinski definition) is 0. The Kier molecular flexibility index (Phi) is 3.72. The highest BCUT2D eigenvalue weighted by molar-refractivity contribution is 5.94. The molecule has 0 spiro atoms. The monoisotopic (exact) mass is 276 g/mol. The minimum absolute atomic E-state index is 0.0103. The lowest BCUT2D eigenvalue weighted by Gasteiger charge is -2.38. The standard InChI is InChI=1S/C15H20N2O3/c1-10-3-4-11(9-16-10)15(18)17-7-8-20-14-12(17)5-6-13(14)19-2/h3-4,9,12-14H,5-8H2,1-2H3/t12-,13-,14+/m0/s1. The van der Waals surface area contributed by atoms with Gasteiger partial charge in [0.2, 0.25) is 0 Å². The van der Waals surface area contributed by atoms with E-state index in [0.717, 1.165) is 18.5 Å². The molecule has 1 saturated heterocycles. The van der Waals surface area contributed by atoms with E-state index in [0.29, 0.717) is 18.7 Å². The number of ether oxygens (including phenoxy) is 2. The van der Waals surface area contributed by atoms with Crippen LogP contribution in [0.25, 0.3) is 0 Å². The van der Waals surface area contributed by atoms with Crippen LogP contribution in [0.5, 0.6) is 0 Å². The lowest BCUT2D eigenvalue weighted by Crippen LogP contribution is -2.53. The van der Waals surface area contributed by atoms with Crippen LogP contribution < -0.4 is 0 Å². The average Bonchev–Trinajstić information content (AvgIpc) is 2.90. The number of aromatic nitrogens is 1. The molecule has 1 aromatic rings. The van der Waals surface area contributed by atoms with E-state index >= 15 is 0 Å². The molecule has 1 saturated carbocycles. The summed E-state index contributed by atoms with van der Waals surface area (Å²) in [4.78, 5) is 18.8. The molecule has 0 unspecified atom stereocenters. The van der Waals surface area contributed by atoms with Gasteiger partial charge in [0.1, 0.15) is 6.10 Å². The molecule has 3 atom stereocenters. The molecule has 0 aromatic carbocycles. The van der Waals surface area contributed by atoms with Gasteiger partial charge in [0, 0.05) is 25.5 Å². The molecular formula is C15H20N2O3. The predicted octanol–water partition coefficient (Wildman–Crippen LogP) is 1.41. The maximum atomic E-state index is 12.6. The van der Waals surface area contributed by atoms with Crippen molar-refractivity contribution in [2.75, 3.05) is 20.3 Å². The van der Waals surface area contributed by atoms with Crippen molar-refractivity contribution in [3.05, 3.63) is 29.6 Å². The van der Waals surface area contributed by atoms with Gasteiger partial charge in [-0.25, -0.2) is 0 Å². The van der Waals surface area contributed by atoms with Gasteiger partial charge >= 0.3 is 0 Å². The molecule has 5 nitrogen and oxygen atoms in total. The fraction of sp³-hybridized carbons (Fsp3) is 0.600. The lowest BCUT2D eigenvalue weighted by atomic mass is 10.1. The number of pyridine rings is 1. The first kappa shape index (κ1) is 13.5. The smallest absolute Gasteiger partial charge is 0.255 e. The lowest BCUT2D eigenvalue weighted by molar-refractivity contribution is -0.0946. The van der Waals surface area contributed by atoms with Gasteiger partial charge in [0.25, 0.3) is 5.91 Å². The summed E-state index contributed by atoms with van der Waals surface area (Å²) >= 11 is 0. The van der Waals surface area contributed by atoms with Gasteiger partial charge in [-0.15, -0.1) is 0 Å². The number of amides is 1. The van der Waals surface area contributed by atoms with E-state index in [9.17, 15) is 4.79 Å². The van der Waals surface area contributed by atoms with E-state index in [1.165, 1.54) is 0 Å². The van der Waals surface area contributed by atoms with Gasteiger partial charge < -0.3 is 14.4 Å². The van der Waals surface area contributed by atoms with E-state index in [2.05, 4.69) is 4.98 Å². The van der Waals surface area contributed by atoms with Crippen LogP contribution in [0.15, 0.2) is 18.3 Å². The van der Waals surface area contributed by atoms with Crippen molar-refractivity contribution in [2.45, 2.75) is 38.0 Å². The summed E-state index contributed by atoms with van der Waals surface area (Å²) in [6.45, 7) is 3.13. The molecule has 1 aliphatic carbocycles. The molecule has 2 heterocycles. The number of hydrogen-bond acceptors (Lipinski definition) is 4. The fourth-order valence-electron chi connectivity index (χ4n) is 3.18. The third kappa shape index (κ3) is 2.31. The van der Waals surface area contributed by atoms with Crippen LogP contribution in [0.3, 0.4) is 0 Å². The van der Waals surface area contributed by atoms with Crippen molar-refractivity contribution in [1.29, 1.82) is 0 Å². The molecule has 0 radical (unpaired) electrons. The third-order valence-electron chi connectivity index (χ3n) is 4.26. The van der Waals surface area contributed by atoms with E-state index in [1.807, 2.05) is 24.0 Å². The second kappa shape index (κ2) is 5.50. The Morgan fingerprint density at radius 2 is 2.30 bits per heavy atom. The van der Waals surface area contributed by atoms with E-state index in [-0.39, 0.29) is 24.2 Å². The largest absolute Gasteiger partial charge is 0.379 e. The molecule has 0 N–H and O–H groups in total. The van der Waals surface area contributed by atoms with Crippen molar-refractivity contribution in [3.8, 4) is 0 Å². The molecule has 2 fully saturated rings. The first-order valence-electron chi connectivity index (χ1n) is 7.08. The number of carbonyl (C=O) groups is 1. The molecule has 108 valence electrons. The fourth-order valence-corrected chi connectivity index (χ4v) is 3.18. The summed E-state index contributed by atoms with van der Waals surface area (Å²) in [7, 11) is 1.71. The maximum Gasteiger partial charge on any atom is 0.255 e. The van der Waals surface area contributed by atoms with Gasteiger partial charge in [0.05, 0.1) is 24.3 Å². The Morgan fingerprint density at radius 1 is 1.45 bits per heavy atom. The quantitative estimate of drug-likeness (QED) is 0.819. The normalized spacial score (nSPS) is 29.3. The number of rotatable bonds is 2. The summed E-state index contributed by atoms with van der Waals surface area (Å²) < 4.78 is 11.3. The van der Waals surface area contributed by atoms with Gasteiger partial charge in [-0.05, 0) is 31.9 Å². The van der Waals surface area contributed by atoms with Gasteiger partial charge in [-0.3, -0.25) is 9.78 Å². The van der Waals surface area contributed by atoms with E-state index in [1.54, 1.807) is 13.3 Å². The first-order valence-corrected chi connectivity index (χ1v) is 7.08. The van der Waals surface area contributed by atoms with Gasteiger partial charge in [0.15, 0.2) is 0 Å². The first-order chi connectivity index (χ1) is 9.70. The molecule has 0 bridgehead atoms. The molecular weight excluding hydrogens is 256 g/mol. The van der Waals surface area contributed by atoms with Crippen LogP contribution in [0.1, 0.15) is 28.9 Å². The zero-order chi connectivity index (χ0) is 14.1. The Bertz CT molecular complexity index is 488. The SMILES string of the molecule is CO[C@H]1CC[C@H]2[C@H]1OCCN2C(=O)c1ccc(C)nc1. The Hall–Kier alpha value is -1.46. The molecule has 2 aliphatic rings. The topological polar surface area (TPSA) is 51.7 Å². The van der Waals surface area contributed by atoms with Crippen LogP contribution in [0.4, 0.5) is 0 Å². The van der Waals surface area contributed by atoms with Crippen molar-refractivity contribution in [2.24, 2.45) is 0 Å². The highest BCUT2D eigenvalue weighted by Crippen LogP contribution is 2.32. The number of carbonyl (C=O) groups excluding carboxylic acids is 1. The molecule has 1 aliphatic heterocycles. The van der Waals surface area contributed by atoms with Crippen molar-refractivity contribution >= 4 is 5.91 Å². The summed E-state index contributed by atoms with van der Waals surface area (Å²) in [5, 5.41) is 0. The second-order valence-corrected chi connectivity index (χ2v) is 5.44. The van der Waals surface area contributed by atoms with Crippen LogP contribution in [-0.4, -0.2) is 54.3 Å². The molecule has 1 aromatic heterocycles. The molecule has 1 amide bonds. The number of nitrogens with zero attached hydrogens (tertiary/aromatic N) is 2. The highest BCUT2D eigenvalue weighted by Gasteiger charge is 2.44. The zero-order valence-electron chi connectivity index (χ0n) is 11.9. The second-order valence-electron chi connectivity index (χ2n) is 5.44. The third-order valence-corrected chi connectivity index (χ3v) is 4.26. The zero-order valence-corrected chi connectivity index (χ0v) is 11.9. The molecule has 20 heavy (non-hydrogen) atoms. The minimum Gasteiger partial charge on any atom is -0.379 e. The van der Waals surface area contributed by atoms with Gasteiger partial charge in [-0.2, -0.15) is 0 Å². The summed E-state index contributed by atoms with van der Waals surface area (Å²) in [5.41, 5.74) is 1.57. The van der Waals surface area contributed by atoms with E-state index in [4.69, 9.17) is 9.47 Å². The van der Waals surface area contributed by atoms with Crippen molar-refractivity contribution in [3.63, 3.8) is 0 Å². The Labute approximate surface area is 118 Å². The molecule has 5 heteroatoms. The number of aryl methyl sites for hydroxylation is 1. The van der Waals surface area contributed by atoms with Crippen molar-refractivity contribution < 1.29 is 14.3 Å².